The molecule has 0 atom stereocenters. The van der Waals surface area contributed by atoms with E-state index in [4.69, 9.17) is 0 Å². The number of hydrogen-bond donors (Lipinski definition) is 2. The van der Waals surface area contributed by atoms with Crippen LogP contribution in [0.25, 0.3) is 0 Å². The lowest BCUT2D eigenvalue weighted by atomic mass is 10.0. The number of rotatable bonds is 5. The Morgan fingerprint density at radius 2 is 1.50 bits per heavy atom. The maximum Gasteiger partial charge on any atom is 0.233 e. The van der Waals surface area contributed by atoms with Gasteiger partial charge in [-0.15, -0.1) is 0 Å². The van der Waals surface area contributed by atoms with Gasteiger partial charge in [0.1, 0.15) is 6.42 Å². The van der Waals surface area contributed by atoms with Crippen molar-refractivity contribution in [3.63, 3.8) is 0 Å². The van der Waals surface area contributed by atoms with Crippen molar-refractivity contribution < 1.29 is 9.59 Å². The summed E-state index contributed by atoms with van der Waals surface area (Å²) < 4.78 is 0.975. The van der Waals surface area contributed by atoms with Crippen LogP contribution >= 0.6 is 15.9 Å². The summed E-state index contributed by atoms with van der Waals surface area (Å²) in [7, 11) is 0. The lowest BCUT2D eigenvalue weighted by molar-refractivity contribution is -0.123. The predicted octanol–water partition coefficient (Wildman–Crippen LogP) is 4.85. The number of carbonyl (C=O) groups is 2. The van der Waals surface area contributed by atoms with Crippen LogP contribution in [0.1, 0.15) is 37.3 Å². The van der Waals surface area contributed by atoms with E-state index in [0.29, 0.717) is 17.3 Å². The summed E-state index contributed by atoms with van der Waals surface area (Å²) in [6, 6.07) is 13.2. The van der Waals surface area contributed by atoms with Crippen molar-refractivity contribution in [2.24, 2.45) is 0 Å². The summed E-state index contributed by atoms with van der Waals surface area (Å²) in [6.07, 6.45) is -0.221. The Labute approximate surface area is 150 Å². The predicted molar refractivity (Wildman–Crippen MR) is 101 cm³/mol. The van der Waals surface area contributed by atoms with Crippen LogP contribution in [0.5, 0.6) is 0 Å². The molecule has 0 aliphatic heterocycles. The Bertz CT molecular complexity index is 740. The van der Waals surface area contributed by atoms with Gasteiger partial charge in [-0.05, 0) is 54.3 Å². The monoisotopic (exact) mass is 388 g/mol. The molecule has 0 bridgehead atoms. The van der Waals surface area contributed by atoms with E-state index in [-0.39, 0.29) is 18.2 Å². The average molecular weight is 389 g/mol. The Balaban J connectivity index is 1.89. The van der Waals surface area contributed by atoms with Crippen LogP contribution in [0.3, 0.4) is 0 Å². The van der Waals surface area contributed by atoms with E-state index in [0.717, 1.165) is 10.0 Å². The first-order valence-corrected chi connectivity index (χ1v) is 8.60. The van der Waals surface area contributed by atoms with Crippen LogP contribution in [0.4, 0.5) is 11.4 Å². The molecule has 0 radical (unpaired) electrons. The van der Waals surface area contributed by atoms with Gasteiger partial charge in [0.15, 0.2) is 0 Å². The third kappa shape index (κ3) is 5.20. The largest absolute Gasteiger partial charge is 0.326 e. The number of carbonyl (C=O) groups excluding carboxylic acids is 2. The van der Waals surface area contributed by atoms with Gasteiger partial charge < -0.3 is 10.6 Å². The molecule has 2 aromatic carbocycles. The molecule has 0 aromatic heterocycles. The molecule has 0 saturated heterocycles. The highest BCUT2D eigenvalue weighted by molar-refractivity contribution is 9.10. The Hall–Kier alpha value is -2.14. The number of amides is 2. The third-order valence-corrected chi connectivity index (χ3v) is 4.51. The van der Waals surface area contributed by atoms with Crippen molar-refractivity contribution >= 4 is 39.1 Å². The fraction of sp³-hybridized carbons (Fsp3) is 0.263. The molecule has 0 aliphatic rings. The van der Waals surface area contributed by atoms with Crippen molar-refractivity contribution in [2.45, 2.75) is 33.1 Å². The van der Waals surface area contributed by atoms with E-state index >= 15 is 0 Å². The number of nitrogens with one attached hydrogen (secondary N) is 2. The first-order chi connectivity index (χ1) is 11.3. The molecule has 0 saturated carbocycles. The van der Waals surface area contributed by atoms with Gasteiger partial charge >= 0.3 is 0 Å². The van der Waals surface area contributed by atoms with Crippen LogP contribution < -0.4 is 10.6 Å². The lowest BCUT2D eigenvalue weighted by Gasteiger charge is -2.09. The minimum Gasteiger partial charge on any atom is -0.326 e. The normalized spacial score (nSPS) is 10.5. The quantitative estimate of drug-likeness (QED) is 0.719. The van der Waals surface area contributed by atoms with Crippen molar-refractivity contribution in [3.05, 3.63) is 58.1 Å². The van der Waals surface area contributed by atoms with Gasteiger partial charge in [0, 0.05) is 15.8 Å². The number of aryl methyl sites for hydroxylation is 1. The molecule has 2 aromatic rings. The van der Waals surface area contributed by atoms with E-state index in [1.54, 1.807) is 6.07 Å². The molecule has 0 fully saturated rings. The smallest absolute Gasteiger partial charge is 0.233 e. The highest BCUT2D eigenvalue weighted by Crippen LogP contribution is 2.20. The minimum absolute atomic E-state index is 0.221. The minimum atomic E-state index is -0.340. The van der Waals surface area contributed by atoms with Gasteiger partial charge in [0.25, 0.3) is 0 Å². The van der Waals surface area contributed by atoms with Crippen molar-refractivity contribution in [2.75, 3.05) is 10.6 Å². The van der Waals surface area contributed by atoms with Crippen LogP contribution in [-0.4, -0.2) is 11.8 Å². The summed E-state index contributed by atoms with van der Waals surface area (Å²) in [5.41, 5.74) is 3.59. The van der Waals surface area contributed by atoms with E-state index in [1.165, 1.54) is 5.56 Å². The van der Waals surface area contributed by atoms with Gasteiger partial charge in [-0.25, -0.2) is 0 Å². The molecule has 4 nitrogen and oxygen atoms in total. The molecular weight excluding hydrogens is 368 g/mol. The summed E-state index contributed by atoms with van der Waals surface area (Å²) in [4.78, 5) is 23.9. The van der Waals surface area contributed by atoms with Crippen LogP contribution in [0.15, 0.2) is 46.9 Å². The van der Waals surface area contributed by atoms with Crippen LogP contribution in [-0.2, 0) is 9.59 Å². The first-order valence-electron chi connectivity index (χ1n) is 7.81. The zero-order chi connectivity index (χ0) is 17.7. The molecule has 0 unspecified atom stereocenters. The highest BCUT2D eigenvalue weighted by Gasteiger charge is 2.11. The topological polar surface area (TPSA) is 58.2 Å². The summed E-state index contributed by atoms with van der Waals surface area (Å²) in [5, 5.41) is 5.47. The fourth-order valence-electron chi connectivity index (χ4n) is 2.23. The molecule has 24 heavy (non-hydrogen) atoms. The van der Waals surface area contributed by atoms with E-state index in [9.17, 15) is 9.59 Å². The van der Waals surface area contributed by atoms with Crippen molar-refractivity contribution in [3.8, 4) is 0 Å². The SMILES string of the molecule is Cc1cc(NC(=O)CC(=O)Nc2ccc(C(C)C)cc2)ccc1Br. The zero-order valence-electron chi connectivity index (χ0n) is 14.0. The van der Waals surface area contributed by atoms with E-state index < -0.39 is 0 Å². The van der Waals surface area contributed by atoms with Crippen molar-refractivity contribution in [1.29, 1.82) is 0 Å². The van der Waals surface area contributed by atoms with Crippen LogP contribution in [0.2, 0.25) is 0 Å². The van der Waals surface area contributed by atoms with Gasteiger partial charge in [0.05, 0.1) is 0 Å². The summed E-state index contributed by atoms with van der Waals surface area (Å²) in [5.74, 6) is -0.235. The van der Waals surface area contributed by atoms with Crippen molar-refractivity contribution in [1.82, 2.24) is 0 Å². The van der Waals surface area contributed by atoms with Gasteiger partial charge in [-0.1, -0.05) is 41.9 Å². The van der Waals surface area contributed by atoms with Gasteiger partial charge in [-0.2, -0.15) is 0 Å². The second-order valence-corrected chi connectivity index (χ2v) is 6.87. The second kappa shape index (κ2) is 8.11. The first kappa shape index (κ1) is 18.2. The highest BCUT2D eigenvalue weighted by atomic mass is 79.9. The maximum atomic E-state index is 12.0. The molecule has 5 heteroatoms. The van der Waals surface area contributed by atoms with Gasteiger partial charge in [0.2, 0.25) is 11.8 Å². The zero-order valence-corrected chi connectivity index (χ0v) is 15.6. The fourth-order valence-corrected chi connectivity index (χ4v) is 2.48. The Morgan fingerprint density at radius 1 is 0.958 bits per heavy atom. The Kier molecular flexibility index (Phi) is 6.15. The molecule has 2 amide bonds. The standard InChI is InChI=1S/C19H21BrN2O2/c1-12(2)14-4-6-15(7-5-14)21-18(23)11-19(24)22-16-8-9-17(20)13(3)10-16/h4-10,12H,11H2,1-3H3,(H,21,23)(H,22,24). The Morgan fingerprint density at radius 3 is 2.04 bits per heavy atom. The average Bonchev–Trinajstić information content (AvgIpc) is 2.51. The molecule has 2 N–H and O–H groups in total. The number of anilines is 2. The van der Waals surface area contributed by atoms with Crippen LogP contribution in [0, 0.1) is 6.92 Å². The number of benzene rings is 2. The molecule has 126 valence electrons. The molecule has 0 spiro atoms. The molecule has 0 heterocycles. The maximum absolute atomic E-state index is 12.0. The third-order valence-electron chi connectivity index (χ3n) is 3.62. The van der Waals surface area contributed by atoms with Gasteiger partial charge in [-0.3, -0.25) is 9.59 Å². The lowest BCUT2D eigenvalue weighted by Crippen LogP contribution is -2.21. The summed E-state index contributed by atoms with van der Waals surface area (Å²) >= 11 is 3.41. The molecule has 2 rings (SSSR count). The molecule has 0 aliphatic carbocycles. The summed E-state index contributed by atoms with van der Waals surface area (Å²) in [6.45, 7) is 6.16. The second-order valence-electron chi connectivity index (χ2n) is 6.01. The number of hydrogen-bond acceptors (Lipinski definition) is 2. The van der Waals surface area contributed by atoms with E-state index in [1.807, 2.05) is 43.3 Å². The molecular formula is C19H21BrN2O2. The number of halogens is 1. The van der Waals surface area contributed by atoms with E-state index in [2.05, 4.69) is 40.4 Å².